The Morgan fingerprint density at radius 3 is 2.73 bits per heavy atom. The van der Waals surface area contributed by atoms with Crippen molar-refractivity contribution in [3.63, 3.8) is 0 Å². The second-order valence-corrected chi connectivity index (χ2v) is 6.41. The SMILES string of the molecule is CC(=O)O[C@@]1(C)[C@H](N2C=CC(=O)CC2=O)O[C@](F)(CI)[C@H]1C. The molecule has 0 unspecified atom stereocenters. The molecule has 0 spiro atoms. The summed E-state index contributed by atoms with van der Waals surface area (Å²) in [7, 11) is 0. The quantitative estimate of drug-likeness (QED) is 0.298. The lowest BCUT2D eigenvalue weighted by Gasteiger charge is -2.37. The summed E-state index contributed by atoms with van der Waals surface area (Å²) in [5.74, 6) is -4.26. The van der Waals surface area contributed by atoms with E-state index in [4.69, 9.17) is 9.47 Å². The minimum absolute atomic E-state index is 0.0178. The van der Waals surface area contributed by atoms with E-state index < -0.39 is 35.5 Å². The molecule has 0 N–H and O–H groups in total. The Hall–Kier alpha value is -1.03. The molecular weight excluding hydrogens is 408 g/mol. The fourth-order valence-corrected chi connectivity index (χ4v) is 3.57. The third-order valence-electron chi connectivity index (χ3n) is 4.14. The Morgan fingerprint density at radius 2 is 2.23 bits per heavy atom. The van der Waals surface area contributed by atoms with Crippen molar-refractivity contribution in [1.29, 1.82) is 0 Å². The highest BCUT2D eigenvalue weighted by atomic mass is 127. The molecule has 0 radical (unpaired) electrons. The summed E-state index contributed by atoms with van der Waals surface area (Å²) in [6.07, 6.45) is 1.05. The van der Waals surface area contributed by atoms with Crippen LogP contribution in [0.15, 0.2) is 12.3 Å². The van der Waals surface area contributed by atoms with Crippen LogP contribution in [0.1, 0.15) is 27.2 Å². The molecule has 2 aliphatic rings. The third kappa shape index (κ3) is 2.78. The molecule has 0 aromatic rings. The first-order valence-electron chi connectivity index (χ1n) is 6.78. The van der Waals surface area contributed by atoms with E-state index in [0.717, 1.165) is 4.90 Å². The number of halogens is 2. The highest BCUT2D eigenvalue weighted by Crippen LogP contribution is 2.49. The maximum absolute atomic E-state index is 14.9. The summed E-state index contributed by atoms with van der Waals surface area (Å²) >= 11 is 1.85. The molecule has 0 aliphatic carbocycles. The van der Waals surface area contributed by atoms with Crippen molar-refractivity contribution >= 4 is 40.3 Å². The van der Waals surface area contributed by atoms with Crippen LogP contribution in [-0.2, 0) is 23.9 Å². The van der Waals surface area contributed by atoms with Crippen LogP contribution in [-0.4, -0.2) is 44.7 Å². The first-order valence-corrected chi connectivity index (χ1v) is 8.31. The highest BCUT2D eigenvalue weighted by molar-refractivity contribution is 14.1. The van der Waals surface area contributed by atoms with E-state index in [1.807, 2.05) is 22.6 Å². The molecule has 0 bridgehead atoms. The van der Waals surface area contributed by atoms with Crippen LogP contribution in [0.2, 0.25) is 0 Å². The van der Waals surface area contributed by atoms with Crippen LogP contribution in [0, 0.1) is 5.92 Å². The van der Waals surface area contributed by atoms with E-state index in [2.05, 4.69) is 0 Å². The zero-order valence-electron chi connectivity index (χ0n) is 12.5. The van der Waals surface area contributed by atoms with Crippen LogP contribution in [0.4, 0.5) is 4.39 Å². The zero-order valence-corrected chi connectivity index (χ0v) is 14.6. The number of carbonyl (C=O) groups excluding carboxylic acids is 3. The first-order chi connectivity index (χ1) is 10.1. The van der Waals surface area contributed by atoms with E-state index in [-0.39, 0.29) is 16.6 Å². The lowest BCUT2D eigenvalue weighted by molar-refractivity contribution is -0.190. The number of esters is 1. The normalized spacial score (nSPS) is 38.5. The van der Waals surface area contributed by atoms with Crippen molar-refractivity contribution < 1.29 is 28.2 Å². The Kier molecular flexibility index (Phi) is 4.63. The first kappa shape index (κ1) is 17.3. The van der Waals surface area contributed by atoms with Crippen LogP contribution in [0.3, 0.4) is 0 Å². The van der Waals surface area contributed by atoms with E-state index in [9.17, 15) is 18.8 Å². The predicted molar refractivity (Wildman–Crippen MR) is 82.5 cm³/mol. The molecule has 0 aromatic carbocycles. The Morgan fingerprint density at radius 1 is 1.59 bits per heavy atom. The van der Waals surface area contributed by atoms with Gasteiger partial charge in [-0.3, -0.25) is 19.3 Å². The standard InChI is InChI=1S/C14H17FINO5/c1-8-13(3,21-9(2)18)12(22-14(8,15)7-16)17-5-4-10(19)6-11(17)20/h4-5,8,12H,6-7H2,1-3H3/t8-,12+,13+,14+/m0/s1. The zero-order chi connectivity index (χ0) is 16.7. The minimum Gasteiger partial charge on any atom is -0.454 e. The molecule has 2 heterocycles. The lowest BCUT2D eigenvalue weighted by Crippen LogP contribution is -2.54. The van der Waals surface area contributed by atoms with Gasteiger partial charge in [-0.15, -0.1) is 0 Å². The molecule has 1 fully saturated rings. The maximum atomic E-state index is 14.9. The van der Waals surface area contributed by atoms with Gasteiger partial charge in [-0.1, -0.05) is 29.5 Å². The summed E-state index contributed by atoms with van der Waals surface area (Å²) in [6, 6.07) is 0. The van der Waals surface area contributed by atoms with Crippen molar-refractivity contribution in [3.05, 3.63) is 12.3 Å². The molecule has 4 atom stereocenters. The van der Waals surface area contributed by atoms with Crippen LogP contribution >= 0.6 is 22.6 Å². The number of alkyl halides is 2. The molecule has 2 rings (SSSR count). The van der Waals surface area contributed by atoms with Gasteiger partial charge in [-0.25, -0.2) is 4.39 Å². The van der Waals surface area contributed by atoms with Gasteiger partial charge in [0.15, 0.2) is 17.6 Å². The van der Waals surface area contributed by atoms with Crippen molar-refractivity contribution in [2.75, 3.05) is 4.43 Å². The fraction of sp³-hybridized carbons (Fsp3) is 0.643. The van der Waals surface area contributed by atoms with Crippen LogP contribution in [0.5, 0.6) is 0 Å². The summed E-state index contributed by atoms with van der Waals surface area (Å²) in [5.41, 5.74) is -1.36. The second kappa shape index (κ2) is 5.88. The molecule has 6 nitrogen and oxygen atoms in total. The minimum atomic E-state index is -2.04. The largest absolute Gasteiger partial charge is 0.454 e. The lowest BCUT2D eigenvalue weighted by atomic mass is 9.86. The van der Waals surface area contributed by atoms with Gasteiger partial charge in [-0.2, -0.15) is 0 Å². The Labute approximate surface area is 141 Å². The van der Waals surface area contributed by atoms with Gasteiger partial charge in [0.25, 0.3) is 0 Å². The van der Waals surface area contributed by atoms with Gasteiger partial charge < -0.3 is 9.47 Å². The van der Waals surface area contributed by atoms with Gasteiger partial charge in [0.2, 0.25) is 11.8 Å². The third-order valence-corrected chi connectivity index (χ3v) is 5.18. The van der Waals surface area contributed by atoms with Crippen LogP contribution < -0.4 is 0 Å². The molecule has 0 saturated carbocycles. The van der Waals surface area contributed by atoms with Gasteiger partial charge in [0.05, 0.1) is 16.8 Å². The van der Waals surface area contributed by atoms with E-state index in [1.165, 1.54) is 26.1 Å². The second-order valence-electron chi connectivity index (χ2n) is 5.65. The number of hydrogen-bond donors (Lipinski definition) is 0. The van der Waals surface area contributed by atoms with Gasteiger partial charge >= 0.3 is 5.97 Å². The number of nitrogens with zero attached hydrogens (tertiary/aromatic N) is 1. The molecule has 0 aromatic heterocycles. The van der Waals surface area contributed by atoms with E-state index in [1.54, 1.807) is 6.92 Å². The highest BCUT2D eigenvalue weighted by Gasteiger charge is 2.64. The van der Waals surface area contributed by atoms with E-state index in [0.29, 0.717) is 0 Å². The maximum Gasteiger partial charge on any atom is 0.303 e. The number of ether oxygens (including phenoxy) is 2. The Balaban J connectivity index is 2.43. The van der Waals surface area contributed by atoms with Crippen molar-refractivity contribution in [1.82, 2.24) is 4.90 Å². The summed E-state index contributed by atoms with van der Waals surface area (Å²) in [4.78, 5) is 35.9. The molecular formula is C14H17FINO5. The number of allylic oxidation sites excluding steroid dienone is 1. The summed E-state index contributed by atoms with van der Waals surface area (Å²) in [5, 5.41) is 0. The molecule has 8 heteroatoms. The van der Waals surface area contributed by atoms with Crippen molar-refractivity contribution in [2.24, 2.45) is 5.92 Å². The Bertz CT molecular complexity index is 553. The molecule has 1 saturated heterocycles. The fourth-order valence-electron chi connectivity index (χ4n) is 2.73. The monoisotopic (exact) mass is 425 g/mol. The topological polar surface area (TPSA) is 72.9 Å². The van der Waals surface area contributed by atoms with Gasteiger partial charge in [0, 0.05) is 13.1 Å². The number of rotatable bonds is 3. The molecule has 122 valence electrons. The average molecular weight is 425 g/mol. The number of carbonyl (C=O) groups is 3. The molecule has 1 amide bonds. The van der Waals surface area contributed by atoms with Crippen LogP contribution in [0.25, 0.3) is 0 Å². The smallest absolute Gasteiger partial charge is 0.303 e. The number of hydrogen-bond acceptors (Lipinski definition) is 5. The van der Waals surface area contributed by atoms with Gasteiger partial charge in [-0.05, 0) is 13.0 Å². The summed E-state index contributed by atoms with van der Waals surface area (Å²) in [6.45, 7) is 4.33. The predicted octanol–water partition coefficient (Wildman–Crippen LogP) is 1.72. The summed E-state index contributed by atoms with van der Waals surface area (Å²) < 4.78 is 25.7. The molecule has 22 heavy (non-hydrogen) atoms. The van der Waals surface area contributed by atoms with Gasteiger partial charge in [0.1, 0.15) is 0 Å². The van der Waals surface area contributed by atoms with E-state index >= 15 is 0 Å². The number of ketones is 1. The number of amides is 1. The average Bonchev–Trinajstić information content (AvgIpc) is 2.61. The van der Waals surface area contributed by atoms with Crippen molar-refractivity contribution in [2.45, 2.75) is 44.9 Å². The molecule has 2 aliphatic heterocycles. The van der Waals surface area contributed by atoms with Crippen molar-refractivity contribution in [3.8, 4) is 0 Å².